The van der Waals surface area contributed by atoms with E-state index < -0.39 is 0 Å². The van der Waals surface area contributed by atoms with Crippen LogP contribution in [-0.4, -0.2) is 55.6 Å². The molecule has 2 aliphatic heterocycles. The van der Waals surface area contributed by atoms with E-state index in [1.807, 2.05) is 42.4 Å². The molecule has 3 aromatic heterocycles. The van der Waals surface area contributed by atoms with E-state index in [4.69, 9.17) is 4.98 Å². The zero-order valence-corrected chi connectivity index (χ0v) is 18.6. The normalized spacial score (nSPS) is 20.9. The van der Waals surface area contributed by atoms with Crippen molar-refractivity contribution in [3.63, 3.8) is 0 Å². The first kappa shape index (κ1) is 19.5. The topological polar surface area (TPSA) is 68.0 Å². The highest BCUT2D eigenvalue weighted by atomic mass is 16.2. The van der Waals surface area contributed by atoms with Gasteiger partial charge in [-0.3, -0.25) is 4.79 Å². The van der Waals surface area contributed by atoms with Gasteiger partial charge in [-0.15, -0.1) is 0 Å². The maximum atomic E-state index is 13.3. The Morgan fingerprint density at radius 1 is 1.22 bits per heavy atom. The second-order valence-corrected chi connectivity index (χ2v) is 9.04. The fraction of sp³-hybridized carbons (Fsp3) is 0.400. The molecule has 7 nitrogen and oxygen atoms in total. The number of pyridine rings is 1. The summed E-state index contributed by atoms with van der Waals surface area (Å²) in [7, 11) is 2.04. The maximum Gasteiger partial charge on any atom is 0.253 e. The highest BCUT2D eigenvalue weighted by Crippen LogP contribution is 2.30. The van der Waals surface area contributed by atoms with Crippen LogP contribution in [0.2, 0.25) is 0 Å². The van der Waals surface area contributed by atoms with Gasteiger partial charge in [-0.1, -0.05) is 0 Å². The quantitative estimate of drug-likeness (QED) is 0.543. The number of carbonyl (C=O) groups is 1. The van der Waals surface area contributed by atoms with E-state index in [2.05, 4.69) is 38.5 Å². The van der Waals surface area contributed by atoms with Crippen LogP contribution in [0.25, 0.3) is 33.6 Å². The van der Waals surface area contributed by atoms with Gasteiger partial charge in [0, 0.05) is 49.9 Å². The summed E-state index contributed by atoms with van der Waals surface area (Å²) in [4.78, 5) is 24.8. The fourth-order valence-corrected chi connectivity index (χ4v) is 5.55. The van der Waals surface area contributed by atoms with Gasteiger partial charge in [-0.05, 0) is 68.6 Å². The minimum Gasteiger partial charge on any atom is -0.337 e. The number of aromatic nitrogens is 4. The molecule has 2 aliphatic rings. The van der Waals surface area contributed by atoms with Crippen LogP contribution in [0.15, 0.2) is 42.6 Å². The number of likely N-dealkylation sites (tertiary alicyclic amines) is 1. The summed E-state index contributed by atoms with van der Waals surface area (Å²) in [6.07, 6.45) is 4.16. The first-order chi connectivity index (χ1) is 15.6. The largest absolute Gasteiger partial charge is 0.337 e. The lowest BCUT2D eigenvalue weighted by Crippen LogP contribution is -2.48. The van der Waals surface area contributed by atoms with Crippen molar-refractivity contribution in [1.29, 1.82) is 0 Å². The fourth-order valence-electron chi connectivity index (χ4n) is 5.55. The van der Waals surface area contributed by atoms with E-state index in [0.29, 0.717) is 6.04 Å². The van der Waals surface area contributed by atoms with Crippen LogP contribution < -0.4 is 5.32 Å². The van der Waals surface area contributed by atoms with Crippen LogP contribution in [0.4, 0.5) is 0 Å². The molecule has 2 fully saturated rings. The number of benzene rings is 1. The molecule has 0 spiro atoms. The summed E-state index contributed by atoms with van der Waals surface area (Å²) in [5.74, 6) is 1.72. The molecule has 2 atom stereocenters. The Morgan fingerprint density at radius 3 is 3.00 bits per heavy atom. The number of carbonyl (C=O) groups excluding carboxylic acids is 1. The van der Waals surface area contributed by atoms with E-state index in [9.17, 15) is 4.79 Å². The number of fused-ring (bicyclic) bond motifs is 3. The third-order valence-electron chi connectivity index (χ3n) is 7.29. The van der Waals surface area contributed by atoms with Gasteiger partial charge in [0.25, 0.3) is 5.91 Å². The number of rotatable bonds is 3. The number of piperidine rings is 1. The molecule has 1 N–H and O–H groups in total. The highest BCUT2D eigenvalue weighted by molar-refractivity contribution is 5.98. The van der Waals surface area contributed by atoms with Gasteiger partial charge in [0.1, 0.15) is 5.65 Å². The molecule has 32 heavy (non-hydrogen) atoms. The second kappa shape index (κ2) is 7.45. The molecule has 5 heterocycles. The summed E-state index contributed by atoms with van der Waals surface area (Å²) in [6.45, 7) is 5.66. The van der Waals surface area contributed by atoms with Crippen LogP contribution in [0.3, 0.4) is 0 Å². The zero-order valence-electron chi connectivity index (χ0n) is 18.6. The zero-order chi connectivity index (χ0) is 21.8. The number of nitrogens with zero attached hydrogens (tertiary/aromatic N) is 5. The molecule has 0 bridgehead atoms. The molecule has 6 rings (SSSR count). The Balaban J connectivity index is 1.37. The van der Waals surface area contributed by atoms with E-state index in [1.165, 1.54) is 6.42 Å². The van der Waals surface area contributed by atoms with Gasteiger partial charge in [0.2, 0.25) is 0 Å². The van der Waals surface area contributed by atoms with Crippen molar-refractivity contribution in [2.24, 2.45) is 13.0 Å². The third kappa shape index (κ3) is 2.95. The molecular weight excluding hydrogens is 400 g/mol. The molecule has 0 radical (unpaired) electrons. The van der Waals surface area contributed by atoms with Crippen molar-refractivity contribution in [2.75, 3.05) is 19.6 Å². The smallest absolute Gasteiger partial charge is 0.253 e. The minimum absolute atomic E-state index is 0.109. The van der Waals surface area contributed by atoms with Gasteiger partial charge in [0.15, 0.2) is 5.82 Å². The number of amides is 1. The molecule has 0 saturated carbocycles. The minimum atomic E-state index is 0.109. The summed E-state index contributed by atoms with van der Waals surface area (Å²) in [6, 6.07) is 12.6. The van der Waals surface area contributed by atoms with Gasteiger partial charge < -0.3 is 19.4 Å². The molecule has 7 heteroatoms. The number of hydrogen-bond acceptors (Lipinski definition) is 4. The van der Waals surface area contributed by atoms with Crippen LogP contribution >= 0.6 is 0 Å². The van der Waals surface area contributed by atoms with E-state index >= 15 is 0 Å². The van der Waals surface area contributed by atoms with Gasteiger partial charge >= 0.3 is 0 Å². The van der Waals surface area contributed by atoms with Crippen LogP contribution in [0.1, 0.15) is 30.1 Å². The average molecular weight is 429 g/mol. The molecule has 164 valence electrons. The summed E-state index contributed by atoms with van der Waals surface area (Å²) in [5, 5.41) is 4.67. The van der Waals surface area contributed by atoms with Crippen molar-refractivity contribution in [1.82, 2.24) is 29.3 Å². The average Bonchev–Trinajstić information content (AvgIpc) is 3.52. The second-order valence-electron chi connectivity index (χ2n) is 9.04. The van der Waals surface area contributed by atoms with Crippen molar-refractivity contribution in [3.8, 4) is 11.5 Å². The van der Waals surface area contributed by atoms with Crippen molar-refractivity contribution < 1.29 is 4.79 Å². The molecule has 4 aromatic rings. The van der Waals surface area contributed by atoms with Crippen LogP contribution in [0, 0.1) is 5.92 Å². The Hall–Kier alpha value is -3.19. The Kier molecular flexibility index (Phi) is 4.54. The standard InChI is InChI=1S/C25H28N6O/c1-3-31-22(14-17-5-4-10-27-23(17)31)24-28-19-13-18(6-7-21(19)29(24)2)25(32)30-12-9-16-8-11-26-20(16)15-30/h4-7,10,13-14,16,20,26H,3,8-9,11-12,15H2,1-2H3/t16-,20+/m0/s1. The summed E-state index contributed by atoms with van der Waals surface area (Å²) < 4.78 is 4.30. The first-order valence-electron chi connectivity index (χ1n) is 11.6. The lowest BCUT2D eigenvalue weighted by atomic mass is 9.92. The summed E-state index contributed by atoms with van der Waals surface area (Å²) in [5.41, 5.74) is 4.60. The molecular formula is C25H28N6O. The van der Waals surface area contributed by atoms with Crippen LogP contribution in [-0.2, 0) is 13.6 Å². The highest BCUT2D eigenvalue weighted by Gasteiger charge is 2.34. The monoisotopic (exact) mass is 428 g/mol. The van der Waals surface area contributed by atoms with Gasteiger partial charge in [-0.2, -0.15) is 0 Å². The molecule has 1 aromatic carbocycles. The molecule has 0 aliphatic carbocycles. The SMILES string of the molecule is CCn1c(-c2nc3cc(C(=O)N4CC[C@@H]5CCN[C@@H]5C4)ccc3n2C)cc2cccnc21. The van der Waals surface area contributed by atoms with E-state index in [0.717, 1.165) is 77.7 Å². The van der Waals surface area contributed by atoms with Crippen LogP contribution in [0.5, 0.6) is 0 Å². The number of imidazole rings is 1. The molecule has 1 amide bonds. The van der Waals surface area contributed by atoms with E-state index in [-0.39, 0.29) is 5.91 Å². The van der Waals surface area contributed by atoms with Gasteiger partial charge in [0.05, 0.1) is 16.7 Å². The van der Waals surface area contributed by atoms with E-state index in [1.54, 1.807) is 0 Å². The predicted octanol–water partition coefficient (Wildman–Crippen LogP) is 3.43. The number of aryl methyl sites for hydroxylation is 2. The van der Waals surface area contributed by atoms with Crippen molar-refractivity contribution >= 4 is 28.0 Å². The lowest BCUT2D eigenvalue weighted by molar-refractivity contribution is 0.0669. The Bertz CT molecular complexity index is 1340. The first-order valence-corrected chi connectivity index (χ1v) is 11.6. The van der Waals surface area contributed by atoms with Gasteiger partial charge in [-0.25, -0.2) is 9.97 Å². The molecule has 0 unspecified atom stereocenters. The Morgan fingerprint density at radius 2 is 2.12 bits per heavy atom. The van der Waals surface area contributed by atoms with Crippen molar-refractivity contribution in [3.05, 3.63) is 48.2 Å². The Labute approximate surface area is 187 Å². The number of hydrogen-bond donors (Lipinski definition) is 1. The number of nitrogens with one attached hydrogen (secondary N) is 1. The predicted molar refractivity (Wildman–Crippen MR) is 126 cm³/mol. The maximum absolute atomic E-state index is 13.3. The summed E-state index contributed by atoms with van der Waals surface area (Å²) >= 11 is 0. The third-order valence-corrected chi connectivity index (χ3v) is 7.29. The van der Waals surface area contributed by atoms with Crippen molar-refractivity contribution in [2.45, 2.75) is 32.4 Å². The lowest BCUT2D eigenvalue weighted by Gasteiger charge is -2.35. The molecule has 2 saturated heterocycles.